The van der Waals surface area contributed by atoms with Crippen LogP contribution in [0.1, 0.15) is 57.1 Å². The molecule has 2 aliphatic rings. The number of halogens is 1. The second-order valence-electron chi connectivity index (χ2n) is 7.10. The smallest absolute Gasteiger partial charge is 0.0496 e. The van der Waals surface area contributed by atoms with E-state index in [1.165, 1.54) is 57.2 Å². The van der Waals surface area contributed by atoms with Crippen LogP contribution < -0.4 is 5.73 Å². The van der Waals surface area contributed by atoms with E-state index in [4.69, 9.17) is 5.73 Å². The average molecular weight is 351 g/mol. The molecule has 2 atom stereocenters. The fourth-order valence-electron chi connectivity index (χ4n) is 4.41. The molecule has 2 nitrogen and oxygen atoms in total. The number of hydrogen-bond acceptors (Lipinski definition) is 2. The van der Waals surface area contributed by atoms with Gasteiger partial charge in [-0.2, -0.15) is 0 Å². The molecule has 21 heavy (non-hydrogen) atoms. The van der Waals surface area contributed by atoms with Crippen LogP contribution >= 0.6 is 15.9 Å². The lowest BCUT2D eigenvalue weighted by Crippen LogP contribution is -2.46. The van der Waals surface area contributed by atoms with Crippen molar-refractivity contribution < 1.29 is 0 Å². The molecule has 0 bridgehead atoms. The molecular formula is C18H27BrN2. The Labute approximate surface area is 137 Å². The van der Waals surface area contributed by atoms with E-state index in [1.807, 2.05) is 0 Å². The fourth-order valence-corrected chi connectivity index (χ4v) is 4.67. The first-order valence-electron chi connectivity index (χ1n) is 8.35. The van der Waals surface area contributed by atoms with Crippen LogP contribution in [0.3, 0.4) is 0 Å². The molecule has 3 heteroatoms. The van der Waals surface area contributed by atoms with E-state index in [-0.39, 0.29) is 6.04 Å². The third-order valence-corrected chi connectivity index (χ3v) is 6.15. The summed E-state index contributed by atoms with van der Waals surface area (Å²) in [5, 5.41) is 0. The van der Waals surface area contributed by atoms with Crippen molar-refractivity contribution in [3.05, 3.63) is 34.3 Å². The molecule has 2 fully saturated rings. The molecule has 1 aliphatic carbocycles. The maximum Gasteiger partial charge on any atom is 0.0496 e. The van der Waals surface area contributed by atoms with Crippen molar-refractivity contribution in [1.82, 2.24) is 4.90 Å². The van der Waals surface area contributed by atoms with Crippen LogP contribution in [0.25, 0.3) is 0 Å². The first-order chi connectivity index (χ1) is 10.1. The second-order valence-corrected chi connectivity index (χ2v) is 8.01. The van der Waals surface area contributed by atoms with E-state index in [0.717, 1.165) is 4.47 Å². The van der Waals surface area contributed by atoms with Crippen molar-refractivity contribution in [3.63, 3.8) is 0 Å². The maximum absolute atomic E-state index is 6.33. The third kappa shape index (κ3) is 3.35. The topological polar surface area (TPSA) is 29.3 Å². The summed E-state index contributed by atoms with van der Waals surface area (Å²) in [6.07, 6.45) is 8.55. The Bertz CT molecular complexity index is 453. The Hall–Kier alpha value is -0.380. The van der Waals surface area contributed by atoms with Crippen molar-refractivity contribution in [3.8, 4) is 0 Å². The highest BCUT2D eigenvalue weighted by Gasteiger charge is 2.39. The van der Waals surface area contributed by atoms with Gasteiger partial charge >= 0.3 is 0 Å². The summed E-state index contributed by atoms with van der Waals surface area (Å²) in [5.41, 5.74) is 8.37. The number of hydrogen-bond donors (Lipinski definition) is 1. The zero-order valence-corrected chi connectivity index (χ0v) is 14.6. The van der Waals surface area contributed by atoms with E-state index < -0.39 is 0 Å². The van der Waals surface area contributed by atoms with Gasteiger partial charge in [0.05, 0.1) is 0 Å². The average Bonchev–Trinajstić information content (AvgIpc) is 2.92. The molecule has 1 aromatic rings. The normalized spacial score (nSPS) is 25.1. The quantitative estimate of drug-likeness (QED) is 0.869. The van der Waals surface area contributed by atoms with Gasteiger partial charge in [0.1, 0.15) is 0 Å². The predicted molar refractivity (Wildman–Crippen MR) is 92.2 cm³/mol. The van der Waals surface area contributed by atoms with Gasteiger partial charge < -0.3 is 5.73 Å². The number of likely N-dealkylation sites (tertiary alicyclic amines) is 1. The Morgan fingerprint density at radius 2 is 1.62 bits per heavy atom. The minimum Gasteiger partial charge on any atom is -0.326 e. The number of nitrogens with two attached hydrogens (primary N) is 1. The Balaban J connectivity index is 1.72. The van der Waals surface area contributed by atoms with Crippen molar-refractivity contribution >= 4 is 15.9 Å². The Morgan fingerprint density at radius 1 is 1.05 bits per heavy atom. The van der Waals surface area contributed by atoms with Crippen LogP contribution in [0.2, 0.25) is 0 Å². The van der Waals surface area contributed by atoms with Crippen molar-refractivity contribution in [1.29, 1.82) is 0 Å². The molecule has 1 heterocycles. The van der Waals surface area contributed by atoms with E-state index in [1.54, 1.807) is 0 Å². The Kier molecular flexibility index (Phi) is 4.72. The lowest BCUT2D eigenvalue weighted by Gasteiger charge is -2.44. The highest BCUT2D eigenvalue weighted by molar-refractivity contribution is 9.10. The van der Waals surface area contributed by atoms with Gasteiger partial charge in [-0.25, -0.2) is 0 Å². The molecule has 2 N–H and O–H groups in total. The van der Waals surface area contributed by atoms with Crippen LogP contribution in [0.5, 0.6) is 0 Å². The van der Waals surface area contributed by atoms with Gasteiger partial charge in [-0.05, 0) is 68.8 Å². The summed E-state index contributed by atoms with van der Waals surface area (Å²) in [6.45, 7) is 4.57. The summed E-state index contributed by atoms with van der Waals surface area (Å²) in [5.74, 6) is 0. The first-order valence-corrected chi connectivity index (χ1v) is 9.14. The molecule has 0 aromatic heterocycles. The fraction of sp³-hybridized carbons (Fsp3) is 0.667. The van der Waals surface area contributed by atoms with E-state index in [2.05, 4.69) is 52.0 Å². The van der Waals surface area contributed by atoms with Crippen LogP contribution in [0.15, 0.2) is 28.7 Å². The summed E-state index contributed by atoms with van der Waals surface area (Å²) in [7, 11) is 0. The second kappa shape index (κ2) is 6.39. The van der Waals surface area contributed by atoms with E-state index >= 15 is 0 Å². The van der Waals surface area contributed by atoms with E-state index in [9.17, 15) is 0 Å². The number of piperidine rings is 1. The minimum absolute atomic E-state index is 0.170. The molecule has 2 unspecified atom stereocenters. The third-order valence-electron chi connectivity index (χ3n) is 5.63. The molecule has 1 aromatic carbocycles. The number of rotatable bonds is 3. The van der Waals surface area contributed by atoms with Crippen molar-refractivity contribution in [2.75, 3.05) is 13.1 Å². The predicted octanol–water partition coefficient (Wildman–Crippen LogP) is 4.49. The SMILES string of the molecule is CC(N)C(c1ccc(Br)cc1)N1CCC2(CCCC2)CC1. The van der Waals surface area contributed by atoms with Crippen molar-refractivity contribution in [2.24, 2.45) is 11.1 Å². The summed E-state index contributed by atoms with van der Waals surface area (Å²) < 4.78 is 1.14. The Morgan fingerprint density at radius 3 is 2.14 bits per heavy atom. The van der Waals surface area contributed by atoms with Gasteiger partial charge in [0, 0.05) is 16.6 Å². The first kappa shape index (κ1) is 15.5. The maximum atomic E-state index is 6.33. The van der Waals surface area contributed by atoms with Crippen LogP contribution in [0.4, 0.5) is 0 Å². The molecular weight excluding hydrogens is 324 g/mol. The van der Waals surface area contributed by atoms with E-state index in [0.29, 0.717) is 11.5 Å². The zero-order chi connectivity index (χ0) is 14.9. The lowest BCUT2D eigenvalue weighted by molar-refractivity contribution is 0.0677. The monoisotopic (exact) mass is 350 g/mol. The van der Waals surface area contributed by atoms with Gasteiger partial charge in [0.2, 0.25) is 0 Å². The highest BCUT2D eigenvalue weighted by Crippen LogP contribution is 2.47. The van der Waals surface area contributed by atoms with Gasteiger partial charge in [0.25, 0.3) is 0 Å². The molecule has 1 aliphatic heterocycles. The number of benzene rings is 1. The van der Waals surface area contributed by atoms with Gasteiger partial charge in [-0.1, -0.05) is 40.9 Å². The molecule has 1 spiro atoms. The van der Waals surface area contributed by atoms with Crippen LogP contribution in [-0.4, -0.2) is 24.0 Å². The van der Waals surface area contributed by atoms with Crippen LogP contribution in [-0.2, 0) is 0 Å². The summed E-state index contributed by atoms with van der Waals surface area (Å²) in [6, 6.07) is 9.23. The van der Waals surface area contributed by atoms with Gasteiger partial charge in [-0.3, -0.25) is 4.90 Å². The molecule has 0 radical (unpaired) electrons. The lowest BCUT2D eigenvalue weighted by atomic mass is 9.76. The van der Waals surface area contributed by atoms with Crippen molar-refractivity contribution in [2.45, 2.75) is 57.5 Å². The largest absolute Gasteiger partial charge is 0.326 e. The molecule has 1 saturated heterocycles. The highest BCUT2D eigenvalue weighted by atomic mass is 79.9. The number of nitrogens with zero attached hydrogens (tertiary/aromatic N) is 1. The van der Waals surface area contributed by atoms with Gasteiger partial charge in [0.15, 0.2) is 0 Å². The minimum atomic E-state index is 0.170. The summed E-state index contributed by atoms with van der Waals surface area (Å²) in [4.78, 5) is 2.62. The molecule has 1 saturated carbocycles. The molecule has 3 rings (SSSR count). The molecule has 0 amide bonds. The standard InChI is InChI=1S/C18H27BrN2/c1-14(20)17(15-4-6-16(19)7-5-15)21-12-10-18(11-13-21)8-2-3-9-18/h4-7,14,17H,2-3,8-13,20H2,1H3. The zero-order valence-electron chi connectivity index (χ0n) is 13.0. The summed E-state index contributed by atoms with van der Waals surface area (Å²) >= 11 is 3.52. The van der Waals surface area contributed by atoms with Gasteiger partial charge in [-0.15, -0.1) is 0 Å². The molecule has 116 valence electrons. The van der Waals surface area contributed by atoms with Crippen LogP contribution in [0, 0.1) is 5.41 Å².